The minimum absolute atomic E-state index is 0.968. The quantitative estimate of drug-likeness (QED) is 0.167. The van der Waals surface area contributed by atoms with Gasteiger partial charge in [0.05, 0.1) is 0 Å². The summed E-state index contributed by atoms with van der Waals surface area (Å²) in [6.45, 7) is 38.4. The molecule has 0 saturated carbocycles. The van der Waals surface area contributed by atoms with Gasteiger partial charge >= 0.3 is 0 Å². The Labute approximate surface area is 447 Å². The lowest BCUT2D eigenvalue weighted by molar-refractivity contribution is 0.827. The van der Waals surface area contributed by atoms with Gasteiger partial charge in [0, 0.05) is 114 Å². The molecule has 0 bridgehead atoms. The Morgan fingerprint density at radius 3 is 0.919 bits per heavy atom. The molecule has 0 atom stereocenters. The van der Waals surface area contributed by atoms with E-state index in [0.29, 0.717) is 0 Å². The second-order valence-corrected chi connectivity index (χ2v) is 15.6. The maximum atomic E-state index is 2.42. The Bertz CT molecular complexity index is 3570. The van der Waals surface area contributed by atoms with Gasteiger partial charge in [-0.3, -0.25) is 0 Å². The summed E-state index contributed by atoms with van der Waals surface area (Å²) in [6.07, 6.45) is 0. The fraction of sp³-hybridized carbons (Fsp3) is 0.314. The van der Waals surface area contributed by atoms with Crippen molar-refractivity contribution in [3.05, 3.63) is 170 Å². The van der Waals surface area contributed by atoms with Crippen molar-refractivity contribution in [2.24, 2.45) is 14.1 Å². The van der Waals surface area contributed by atoms with Crippen LogP contribution in [0.15, 0.2) is 170 Å². The van der Waals surface area contributed by atoms with Crippen molar-refractivity contribution in [2.45, 2.75) is 138 Å². The summed E-state index contributed by atoms with van der Waals surface area (Å²) in [5, 5.41) is 10.6. The highest BCUT2D eigenvalue weighted by Gasteiger charge is 2.15. The number of fused-ring (bicyclic) bond motifs is 12. The summed E-state index contributed by atoms with van der Waals surface area (Å²) < 4.78 is 9.41. The van der Waals surface area contributed by atoms with E-state index < -0.39 is 0 Å². The Morgan fingerprint density at radius 2 is 0.473 bits per heavy atom. The topological polar surface area (TPSA) is 19.7 Å². The van der Waals surface area contributed by atoms with Gasteiger partial charge in [0.25, 0.3) is 0 Å². The van der Waals surface area contributed by atoms with Crippen molar-refractivity contribution < 1.29 is 0 Å². The number of nitrogens with zero attached hydrogens (tertiary/aromatic N) is 4. The third-order valence-corrected chi connectivity index (χ3v) is 12.7. The Hall–Kier alpha value is -7.04. The maximum Gasteiger partial charge on any atom is 0.0497 e. The molecule has 4 heteroatoms. The van der Waals surface area contributed by atoms with Crippen LogP contribution >= 0.6 is 0 Å². The third kappa shape index (κ3) is 12.0. The first-order chi connectivity index (χ1) is 36.5. The summed E-state index contributed by atoms with van der Waals surface area (Å²) >= 11 is 0. The SMILES string of the molecule is CC.CC.CC.CC.CC.CC.CC.CC.CCn1c2ccccc2c2cc(-c3ccc4c5ccccc5n(C)c4c3)ccc21.CCn1c2ccccc2c2ccc(-c3ccc4c(c3)c3ccccc3n4C)cc21. The first-order valence-corrected chi connectivity index (χ1v) is 28.5. The van der Waals surface area contributed by atoms with Crippen molar-refractivity contribution in [1.82, 2.24) is 18.3 Å². The van der Waals surface area contributed by atoms with Gasteiger partial charge in [0.1, 0.15) is 0 Å². The van der Waals surface area contributed by atoms with Crippen LogP contribution in [0.2, 0.25) is 0 Å². The van der Waals surface area contributed by atoms with Gasteiger partial charge in [-0.1, -0.05) is 220 Å². The third-order valence-electron chi connectivity index (χ3n) is 12.7. The first-order valence-electron chi connectivity index (χ1n) is 28.5. The molecule has 0 aliphatic rings. The monoisotopic (exact) mass is 989 g/mol. The van der Waals surface area contributed by atoms with Gasteiger partial charge in [0.15, 0.2) is 0 Å². The summed E-state index contributed by atoms with van der Waals surface area (Å²) in [5.74, 6) is 0. The minimum Gasteiger partial charge on any atom is -0.344 e. The van der Waals surface area contributed by atoms with E-state index in [1.807, 2.05) is 111 Å². The fourth-order valence-electron chi connectivity index (χ4n) is 9.83. The van der Waals surface area contributed by atoms with E-state index in [9.17, 15) is 0 Å². The van der Waals surface area contributed by atoms with Gasteiger partial charge in [-0.05, 0) is 96.8 Å². The molecule has 0 aliphatic heterocycles. The molecule has 0 spiro atoms. The predicted molar refractivity (Wildman–Crippen MR) is 340 cm³/mol. The molecule has 0 aliphatic carbocycles. The van der Waals surface area contributed by atoms with Gasteiger partial charge in [-0.2, -0.15) is 0 Å². The number of aryl methyl sites for hydroxylation is 4. The second kappa shape index (κ2) is 30.9. The van der Waals surface area contributed by atoms with Gasteiger partial charge in [-0.25, -0.2) is 0 Å². The molecule has 4 nitrogen and oxygen atoms in total. The molecule has 4 aromatic heterocycles. The molecule has 12 rings (SSSR count). The van der Waals surface area contributed by atoms with Crippen LogP contribution < -0.4 is 0 Å². The van der Waals surface area contributed by atoms with Crippen molar-refractivity contribution in [3.63, 3.8) is 0 Å². The standard InChI is InChI=1S/2C27H22N2.8C2H6/c1-3-29-26-11-7-5-8-20(26)22-14-12-19(17-27(22)29)18-13-15-25-23(16-18)21-9-4-6-10-24(21)28(25)2;1-3-29-25-11-7-5-9-21(25)23-16-18(13-15-26(23)29)19-12-14-22-20-8-4-6-10-24(20)28(2)27(22)17-19;8*1-2/h2*4-17H,3H2,1-2H3;8*1-2H3. The first kappa shape index (κ1) is 61.3. The summed E-state index contributed by atoms with van der Waals surface area (Å²) in [6, 6.07) is 62.2. The Morgan fingerprint density at radius 1 is 0.230 bits per heavy atom. The number of para-hydroxylation sites is 4. The van der Waals surface area contributed by atoms with E-state index in [1.165, 1.54) is 109 Å². The van der Waals surface area contributed by atoms with Crippen molar-refractivity contribution in [1.29, 1.82) is 0 Å². The molecule has 74 heavy (non-hydrogen) atoms. The Kier molecular flexibility index (Phi) is 25.6. The van der Waals surface area contributed by atoms with Crippen LogP contribution in [-0.2, 0) is 27.2 Å². The normalized spacial score (nSPS) is 10.0. The summed E-state index contributed by atoms with van der Waals surface area (Å²) in [4.78, 5) is 0. The predicted octanol–water partition coefficient (Wildman–Crippen LogP) is 22.5. The van der Waals surface area contributed by atoms with Crippen LogP contribution in [0.3, 0.4) is 0 Å². The number of hydrogen-bond acceptors (Lipinski definition) is 0. The van der Waals surface area contributed by atoms with Crippen LogP contribution in [-0.4, -0.2) is 18.3 Å². The van der Waals surface area contributed by atoms with Crippen molar-refractivity contribution in [2.75, 3.05) is 0 Å². The van der Waals surface area contributed by atoms with Crippen LogP contribution in [0.5, 0.6) is 0 Å². The van der Waals surface area contributed by atoms with Crippen LogP contribution in [0.1, 0.15) is 125 Å². The van der Waals surface area contributed by atoms with E-state index in [0.717, 1.165) is 13.1 Å². The molecule has 0 radical (unpaired) electrons. The van der Waals surface area contributed by atoms with Crippen LogP contribution in [0.25, 0.3) is 109 Å². The average molecular weight is 990 g/mol. The summed E-state index contributed by atoms with van der Waals surface area (Å²) in [5.41, 5.74) is 15.4. The highest BCUT2D eigenvalue weighted by molar-refractivity contribution is 6.13. The van der Waals surface area contributed by atoms with E-state index in [-0.39, 0.29) is 0 Å². The lowest BCUT2D eigenvalue weighted by Gasteiger charge is -2.07. The molecule has 4 heterocycles. The zero-order valence-corrected chi connectivity index (χ0v) is 49.4. The number of hydrogen-bond donors (Lipinski definition) is 0. The highest BCUT2D eigenvalue weighted by Crippen LogP contribution is 2.37. The number of rotatable bonds is 4. The molecule has 12 aromatic rings. The minimum atomic E-state index is 0.968. The van der Waals surface area contributed by atoms with Gasteiger partial charge < -0.3 is 18.3 Å². The van der Waals surface area contributed by atoms with E-state index in [4.69, 9.17) is 0 Å². The number of aromatic nitrogens is 4. The van der Waals surface area contributed by atoms with E-state index in [2.05, 4.69) is 216 Å². The average Bonchev–Trinajstić information content (AvgIpc) is 4.20. The molecule has 0 N–H and O–H groups in total. The van der Waals surface area contributed by atoms with Crippen molar-refractivity contribution >= 4 is 87.2 Å². The zero-order valence-electron chi connectivity index (χ0n) is 49.4. The molecule has 0 saturated heterocycles. The van der Waals surface area contributed by atoms with Crippen LogP contribution in [0, 0.1) is 0 Å². The van der Waals surface area contributed by atoms with E-state index >= 15 is 0 Å². The van der Waals surface area contributed by atoms with Crippen LogP contribution in [0.4, 0.5) is 0 Å². The highest BCUT2D eigenvalue weighted by atomic mass is 15.0. The second-order valence-electron chi connectivity index (χ2n) is 15.6. The van der Waals surface area contributed by atoms with Gasteiger partial charge in [0.2, 0.25) is 0 Å². The number of benzene rings is 8. The molecule has 392 valence electrons. The lowest BCUT2D eigenvalue weighted by Crippen LogP contribution is -1.93. The molecule has 8 aromatic carbocycles. The van der Waals surface area contributed by atoms with E-state index in [1.54, 1.807) is 0 Å². The Balaban J connectivity index is 0.000000308. The molecule has 0 amide bonds. The molecule has 0 fully saturated rings. The fourth-order valence-corrected chi connectivity index (χ4v) is 9.83. The lowest BCUT2D eigenvalue weighted by atomic mass is 10.0. The smallest absolute Gasteiger partial charge is 0.0497 e. The zero-order chi connectivity index (χ0) is 55.1. The van der Waals surface area contributed by atoms with Crippen molar-refractivity contribution in [3.8, 4) is 22.3 Å². The molecular formula is C70H92N4. The van der Waals surface area contributed by atoms with Gasteiger partial charge in [-0.15, -0.1) is 0 Å². The maximum absolute atomic E-state index is 2.42. The molecular weight excluding hydrogens is 897 g/mol. The molecule has 0 unspecified atom stereocenters. The summed E-state index contributed by atoms with van der Waals surface area (Å²) in [7, 11) is 4.31. The largest absolute Gasteiger partial charge is 0.344 e.